The van der Waals surface area contributed by atoms with Crippen LogP contribution in [-0.4, -0.2) is 45.4 Å². The fraction of sp³-hybridized carbons (Fsp3) is 0.259. The van der Waals surface area contributed by atoms with Gasteiger partial charge >= 0.3 is 5.69 Å². The first-order chi connectivity index (χ1) is 19.0. The number of rotatable bonds is 7. The number of aromatic nitrogens is 3. The molecule has 40 heavy (non-hydrogen) atoms. The molecular weight excluding hydrogens is 634 g/mol. The number of carbonyl (C=O) groups is 1. The van der Waals surface area contributed by atoms with E-state index in [4.69, 9.17) is 10.5 Å². The van der Waals surface area contributed by atoms with E-state index in [1.807, 2.05) is 33.6 Å². The van der Waals surface area contributed by atoms with Crippen LogP contribution in [0.3, 0.4) is 0 Å². The second kappa shape index (κ2) is 10.5. The largest absolute Gasteiger partial charge is 0.368 e. The first kappa shape index (κ1) is 27.6. The molecule has 1 aliphatic rings. The average molecular weight is 660 g/mol. The quantitative estimate of drug-likeness (QED) is 0.290. The van der Waals surface area contributed by atoms with Gasteiger partial charge in [-0.05, 0) is 65.9 Å². The molecule has 2 aromatic carbocycles. The van der Waals surface area contributed by atoms with Gasteiger partial charge in [-0.2, -0.15) is 0 Å². The summed E-state index contributed by atoms with van der Waals surface area (Å²) in [5.74, 6) is -1.03. The number of carbonyl (C=O) groups excluding carboxylic acids is 1. The van der Waals surface area contributed by atoms with Crippen molar-refractivity contribution in [1.82, 2.24) is 13.7 Å². The second-order valence-electron chi connectivity index (χ2n) is 9.62. The molecule has 0 radical (unpaired) electrons. The number of benzene rings is 2. The Bertz CT molecular complexity index is 1860. The first-order valence-corrected chi connectivity index (χ1v) is 13.4. The molecular formula is C27H26FIN6O5. The molecule has 1 aliphatic heterocycles. The van der Waals surface area contributed by atoms with E-state index in [0.717, 1.165) is 10.3 Å². The van der Waals surface area contributed by atoms with Crippen LogP contribution in [0.2, 0.25) is 0 Å². The number of hydrogen-bond donors (Lipinski definition) is 2. The van der Waals surface area contributed by atoms with Gasteiger partial charge in [-0.1, -0.05) is 6.07 Å². The van der Waals surface area contributed by atoms with E-state index in [0.29, 0.717) is 22.3 Å². The zero-order valence-electron chi connectivity index (χ0n) is 21.9. The lowest BCUT2D eigenvalue weighted by Gasteiger charge is -2.40. The van der Waals surface area contributed by atoms with Crippen LogP contribution in [0.5, 0.6) is 0 Å². The Balaban J connectivity index is 1.67. The lowest BCUT2D eigenvalue weighted by molar-refractivity contribution is -0.125. The smallest absolute Gasteiger partial charge is 0.335 e. The normalized spacial score (nSPS) is 13.5. The Morgan fingerprint density at radius 3 is 2.45 bits per heavy atom. The van der Waals surface area contributed by atoms with Crippen molar-refractivity contribution in [3.8, 4) is 5.69 Å². The standard InChI is InChI=1S/C27H26FIN6O5/c1-14-23-22(24(32(2)25(14)37)31-20-8-7-15(29)9-19(20)28)26(38)33(3)27(39)35(23)17-6-4-5-16(10-17)34-11-18(12-34)40-13-21(30)36/h4-10,18,31H,11-13H2,1-3H3,(H2,30,36). The number of pyridine rings is 1. The van der Waals surface area contributed by atoms with E-state index in [2.05, 4.69) is 5.32 Å². The average Bonchev–Trinajstić information content (AvgIpc) is 2.89. The summed E-state index contributed by atoms with van der Waals surface area (Å²) in [5.41, 5.74) is 5.06. The van der Waals surface area contributed by atoms with Gasteiger partial charge in [-0.15, -0.1) is 0 Å². The number of primary amides is 1. The summed E-state index contributed by atoms with van der Waals surface area (Å²) in [6, 6.07) is 11.7. The fourth-order valence-corrected chi connectivity index (χ4v) is 5.24. The molecule has 13 heteroatoms. The molecule has 1 fully saturated rings. The molecule has 0 unspecified atom stereocenters. The third-order valence-corrected chi connectivity index (χ3v) is 7.63. The Hall–Kier alpha value is -3.98. The SMILES string of the molecule is Cc1c(=O)n(C)c(Nc2ccc(I)cc2F)c2c(=O)n(C)c(=O)n(-c3cccc(N4CC(OCC(N)=O)C4)c3)c12. The van der Waals surface area contributed by atoms with E-state index < -0.39 is 28.5 Å². The van der Waals surface area contributed by atoms with Crippen LogP contribution in [0, 0.1) is 16.3 Å². The predicted molar refractivity (Wildman–Crippen MR) is 158 cm³/mol. The molecule has 4 aromatic rings. The number of fused-ring (bicyclic) bond motifs is 1. The molecule has 11 nitrogen and oxygen atoms in total. The van der Waals surface area contributed by atoms with Gasteiger partial charge in [0.05, 0.1) is 23.0 Å². The highest BCUT2D eigenvalue weighted by molar-refractivity contribution is 14.1. The number of aryl methyl sites for hydroxylation is 1. The van der Waals surface area contributed by atoms with Crippen molar-refractivity contribution in [2.45, 2.75) is 13.0 Å². The van der Waals surface area contributed by atoms with Gasteiger partial charge in [-0.3, -0.25) is 28.1 Å². The van der Waals surface area contributed by atoms with Crippen LogP contribution in [0.25, 0.3) is 16.6 Å². The van der Waals surface area contributed by atoms with Crippen LogP contribution in [0.4, 0.5) is 21.6 Å². The minimum atomic E-state index is -0.635. The minimum absolute atomic E-state index is 0.0633. The van der Waals surface area contributed by atoms with Gasteiger partial charge < -0.3 is 20.7 Å². The Morgan fingerprint density at radius 1 is 1.07 bits per heavy atom. The molecule has 3 heterocycles. The fourth-order valence-electron chi connectivity index (χ4n) is 4.79. The van der Waals surface area contributed by atoms with E-state index in [1.165, 1.54) is 35.4 Å². The highest BCUT2D eigenvalue weighted by Crippen LogP contribution is 2.29. The van der Waals surface area contributed by atoms with Crippen molar-refractivity contribution in [2.75, 3.05) is 29.9 Å². The first-order valence-electron chi connectivity index (χ1n) is 12.3. The second-order valence-corrected chi connectivity index (χ2v) is 10.9. The summed E-state index contributed by atoms with van der Waals surface area (Å²) in [6.07, 6.45) is -0.155. The molecule has 0 saturated carbocycles. The van der Waals surface area contributed by atoms with Crippen molar-refractivity contribution < 1.29 is 13.9 Å². The van der Waals surface area contributed by atoms with Crippen LogP contribution >= 0.6 is 22.6 Å². The van der Waals surface area contributed by atoms with E-state index in [9.17, 15) is 23.6 Å². The number of ether oxygens (including phenoxy) is 1. The number of nitrogens with two attached hydrogens (primary N) is 1. The van der Waals surface area contributed by atoms with Crippen molar-refractivity contribution in [3.05, 3.63) is 88.6 Å². The van der Waals surface area contributed by atoms with Gasteiger partial charge in [0, 0.05) is 42.0 Å². The van der Waals surface area contributed by atoms with Crippen LogP contribution in [-0.2, 0) is 23.6 Å². The maximum Gasteiger partial charge on any atom is 0.335 e. The van der Waals surface area contributed by atoms with Crippen molar-refractivity contribution in [3.63, 3.8) is 0 Å². The van der Waals surface area contributed by atoms with Gasteiger partial charge in [-0.25, -0.2) is 9.18 Å². The maximum absolute atomic E-state index is 14.8. The highest BCUT2D eigenvalue weighted by atomic mass is 127. The molecule has 2 aromatic heterocycles. The maximum atomic E-state index is 14.8. The lowest BCUT2D eigenvalue weighted by Crippen LogP contribution is -2.53. The topological polar surface area (TPSA) is 134 Å². The molecule has 0 spiro atoms. The Morgan fingerprint density at radius 2 is 1.77 bits per heavy atom. The minimum Gasteiger partial charge on any atom is -0.368 e. The van der Waals surface area contributed by atoms with Crippen LogP contribution in [0.1, 0.15) is 5.56 Å². The monoisotopic (exact) mass is 660 g/mol. The summed E-state index contributed by atoms with van der Waals surface area (Å²) in [7, 11) is 2.84. The number of amides is 1. The number of anilines is 3. The molecule has 3 N–H and O–H groups in total. The number of hydrogen-bond acceptors (Lipinski definition) is 7. The Labute approximate surface area is 240 Å². The van der Waals surface area contributed by atoms with Crippen molar-refractivity contribution in [2.24, 2.45) is 19.8 Å². The number of nitrogens with zero attached hydrogens (tertiary/aromatic N) is 4. The summed E-state index contributed by atoms with van der Waals surface area (Å²) >= 11 is 1.99. The van der Waals surface area contributed by atoms with Crippen LogP contribution < -0.4 is 32.8 Å². The van der Waals surface area contributed by atoms with Gasteiger partial charge in [0.1, 0.15) is 23.6 Å². The van der Waals surface area contributed by atoms with E-state index >= 15 is 0 Å². The molecule has 0 bridgehead atoms. The molecule has 1 amide bonds. The molecule has 1 saturated heterocycles. The van der Waals surface area contributed by atoms with Gasteiger partial charge in [0.25, 0.3) is 11.1 Å². The third-order valence-electron chi connectivity index (χ3n) is 6.96. The van der Waals surface area contributed by atoms with E-state index in [-0.39, 0.29) is 40.7 Å². The van der Waals surface area contributed by atoms with Gasteiger partial charge in [0.15, 0.2) is 0 Å². The third kappa shape index (κ3) is 4.79. The Kier molecular flexibility index (Phi) is 7.27. The van der Waals surface area contributed by atoms with Crippen molar-refractivity contribution in [1.29, 1.82) is 0 Å². The molecule has 0 atom stereocenters. The number of nitrogens with one attached hydrogen (secondary N) is 1. The molecule has 0 aliphatic carbocycles. The highest BCUT2D eigenvalue weighted by Gasteiger charge is 2.29. The van der Waals surface area contributed by atoms with E-state index in [1.54, 1.807) is 31.2 Å². The zero-order valence-corrected chi connectivity index (χ0v) is 24.1. The summed E-state index contributed by atoms with van der Waals surface area (Å²) in [5, 5.41) is 2.98. The molecule has 208 valence electrons. The summed E-state index contributed by atoms with van der Waals surface area (Å²) < 4.78 is 24.4. The molecule has 5 rings (SSSR count). The van der Waals surface area contributed by atoms with Crippen LogP contribution in [0.15, 0.2) is 56.8 Å². The zero-order chi connectivity index (χ0) is 28.9. The number of halogens is 2. The lowest BCUT2D eigenvalue weighted by atomic mass is 10.1. The van der Waals surface area contributed by atoms with Crippen molar-refractivity contribution >= 4 is 56.6 Å². The summed E-state index contributed by atoms with van der Waals surface area (Å²) in [4.78, 5) is 53.4. The predicted octanol–water partition coefficient (Wildman–Crippen LogP) is 1.87. The van der Waals surface area contributed by atoms with Gasteiger partial charge in [0.2, 0.25) is 5.91 Å². The summed E-state index contributed by atoms with van der Waals surface area (Å²) in [6.45, 7) is 2.44.